The molecule has 0 saturated heterocycles. The van der Waals surface area contributed by atoms with E-state index in [9.17, 15) is 13.2 Å². The number of benzene rings is 1. The van der Waals surface area contributed by atoms with Crippen LogP contribution in [0.5, 0.6) is 0 Å². The summed E-state index contributed by atoms with van der Waals surface area (Å²) in [5, 5.41) is 5.57. The van der Waals surface area contributed by atoms with E-state index in [-0.39, 0.29) is 17.3 Å². The molecule has 3 N–H and O–H groups in total. The first kappa shape index (κ1) is 16.6. The highest BCUT2D eigenvalue weighted by atomic mass is 32.2. The average Bonchev–Trinajstić information content (AvgIpc) is 2.44. The van der Waals surface area contributed by atoms with Crippen molar-refractivity contribution in [3.8, 4) is 0 Å². The molecule has 0 unspecified atom stereocenters. The smallest absolute Gasteiger partial charge is 0.240 e. The van der Waals surface area contributed by atoms with Crippen LogP contribution in [0.4, 0.5) is 5.69 Å². The van der Waals surface area contributed by atoms with Crippen LogP contribution >= 0.6 is 0 Å². The van der Waals surface area contributed by atoms with E-state index in [1.165, 1.54) is 31.3 Å². The molecule has 7 nitrogen and oxygen atoms in total. The molecular formula is C12H19N3O4S. The number of amides is 1. The van der Waals surface area contributed by atoms with Gasteiger partial charge in [-0.25, -0.2) is 13.1 Å². The topological polar surface area (TPSA) is 96.5 Å². The van der Waals surface area contributed by atoms with Crippen LogP contribution in [0.3, 0.4) is 0 Å². The third-order valence-electron chi connectivity index (χ3n) is 2.49. The molecule has 0 aliphatic rings. The van der Waals surface area contributed by atoms with Gasteiger partial charge in [0.15, 0.2) is 0 Å². The van der Waals surface area contributed by atoms with E-state index in [4.69, 9.17) is 4.74 Å². The molecule has 0 atom stereocenters. The van der Waals surface area contributed by atoms with Gasteiger partial charge in [-0.15, -0.1) is 0 Å². The lowest BCUT2D eigenvalue weighted by Crippen LogP contribution is -2.30. The molecule has 0 aliphatic heterocycles. The number of hydrogen-bond donors (Lipinski definition) is 3. The highest BCUT2D eigenvalue weighted by Crippen LogP contribution is 2.13. The van der Waals surface area contributed by atoms with E-state index in [0.717, 1.165) is 0 Å². The number of carbonyl (C=O) groups excluding carboxylic acids is 1. The number of sulfonamides is 1. The predicted molar refractivity (Wildman–Crippen MR) is 76.1 cm³/mol. The van der Waals surface area contributed by atoms with E-state index in [1.54, 1.807) is 7.11 Å². The Hall–Kier alpha value is -1.48. The monoisotopic (exact) mass is 301 g/mol. The molecule has 0 heterocycles. The van der Waals surface area contributed by atoms with E-state index in [2.05, 4.69) is 15.4 Å². The summed E-state index contributed by atoms with van der Waals surface area (Å²) >= 11 is 0. The second-order valence-electron chi connectivity index (χ2n) is 3.95. The molecule has 0 bridgehead atoms. The fourth-order valence-corrected chi connectivity index (χ4v) is 2.15. The summed E-state index contributed by atoms with van der Waals surface area (Å²) in [6.07, 6.45) is 0. The van der Waals surface area contributed by atoms with Crippen molar-refractivity contribution in [2.24, 2.45) is 0 Å². The van der Waals surface area contributed by atoms with Gasteiger partial charge in [0.1, 0.15) is 0 Å². The summed E-state index contributed by atoms with van der Waals surface area (Å²) in [5.74, 6) is -0.203. The molecule has 20 heavy (non-hydrogen) atoms. The lowest BCUT2D eigenvalue weighted by molar-refractivity contribution is -0.115. The Morgan fingerprint density at radius 2 is 1.90 bits per heavy atom. The number of nitrogens with one attached hydrogen (secondary N) is 3. The first-order valence-electron chi connectivity index (χ1n) is 6.02. The van der Waals surface area contributed by atoms with Gasteiger partial charge in [0.05, 0.1) is 18.0 Å². The Morgan fingerprint density at radius 1 is 1.25 bits per heavy atom. The minimum Gasteiger partial charge on any atom is -0.383 e. The van der Waals surface area contributed by atoms with Crippen molar-refractivity contribution in [2.75, 3.05) is 39.2 Å². The van der Waals surface area contributed by atoms with Gasteiger partial charge in [0, 0.05) is 19.3 Å². The van der Waals surface area contributed by atoms with Crippen LogP contribution in [0.15, 0.2) is 29.2 Å². The molecule has 112 valence electrons. The van der Waals surface area contributed by atoms with Crippen LogP contribution in [0, 0.1) is 0 Å². The zero-order valence-corrected chi connectivity index (χ0v) is 12.3. The van der Waals surface area contributed by atoms with Crippen molar-refractivity contribution in [1.82, 2.24) is 10.0 Å². The zero-order valence-electron chi connectivity index (χ0n) is 11.5. The fourth-order valence-electron chi connectivity index (χ4n) is 1.42. The second kappa shape index (κ2) is 7.95. The summed E-state index contributed by atoms with van der Waals surface area (Å²) in [4.78, 5) is 11.7. The molecule has 0 radical (unpaired) electrons. The number of carbonyl (C=O) groups is 1. The Morgan fingerprint density at radius 3 is 2.45 bits per heavy atom. The molecule has 1 rings (SSSR count). The summed E-state index contributed by atoms with van der Waals surface area (Å²) in [7, 11) is -0.523. The van der Waals surface area contributed by atoms with Gasteiger partial charge in [0.25, 0.3) is 0 Å². The molecule has 1 aromatic carbocycles. The Bertz CT molecular complexity index is 528. The van der Waals surface area contributed by atoms with E-state index < -0.39 is 10.0 Å². The van der Waals surface area contributed by atoms with Crippen LogP contribution in [-0.2, 0) is 19.6 Å². The minimum atomic E-state index is -3.45. The van der Waals surface area contributed by atoms with E-state index in [0.29, 0.717) is 18.8 Å². The minimum absolute atomic E-state index is 0.149. The number of hydrogen-bond acceptors (Lipinski definition) is 5. The molecule has 0 aromatic heterocycles. The largest absolute Gasteiger partial charge is 0.383 e. The first-order chi connectivity index (χ1) is 9.49. The highest BCUT2D eigenvalue weighted by molar-refractivity contribution is 7.89. The van der Waals surface area contributed by atoms with Crippen molar-refractivity contribution in [1.29, 1.82) is 0 Å². The fraction of sp³-hybridized carbons (Fsp3) is 0.417. The number of ether oxygens (including phenoxy) is 1. The zero-order chi connectivity index (χ0) is 15.0. The van der Waals surface area contributed by atoms with Crippen LogP contribution < -0.4 is 15.4 Å². The lowest BCUT2D eigenvalue weighted by Gasteiger charge is -2.07. The summed E-state index contributed by atoms with van der Waals surface area (Å²) in [5.41, 5.74) is 0.540. The molecule has 0 saturated carbocycles. The SMILES string of the molecule is CNS(=O)(=O)c1ccc(NC(=O)CNCCOC)cc1. The van der Waals surface area contributed by atoms with Crippen molar-refractivity contribution in [2.45, 2.75) is 4.90 Å². The third-order valence-corrected chi connectivity index (χ3v) is 3.92. The standard InChI is InChI=1S/C12H19N3O4S/c1-13-20(17,18)11-5-3-10(4-6-11)15-12(16)9-14-7-8-19-2/h3-6,13-14H,7-9H2,1-2H3,(H,15,16). The summed E-state index contributed by atoms with van der Waals surface area (Å²) in [6.45, 7) is 1.28. The maximum atomic E-state index is 11.6. The highest BCUT2D eigenvalue weighted by Gasteiger charge is 2.10. The van der Waals surface area contributed by atoms with Gasteiger partial charge in [0.2, 0.25) is 15.9 Å². The molecule has 8 heteroatoms. The Kier molecular flexibility index (Phi) is 6.59. The molecule has 1 amide bonds. The lowest BCUT2D eigenvalue weighted by atomic mass is 10.3. The molecular weight excluding hydrogens is 282 g/mol. The van der Waals surface area contributed by atoms with Gasteiger partial charge >= 0.3 is 0 Å². The van der Waals surface area contributed by atoms with E-state index in [1.807, 2.05) is 0 Å². The van der Waals surface area contributed by atoms with Gasteiger partial charge < -0.3 is 15.4 Å². The Labute approximate surface area is 118 Å². The molecule has 0 spiro atoms. The third kappa shape index (κ3) is 5.25. The van der Waals surface area contributed by atoms with Crippen LogP contribution in [0.1, 0.15) is 0 Å². The average molecular weight is 301 g/mol. The van der Waals surface area contributed by atoms with Crippen molar-refractivity contribution in [3.63, 3.8) is 0 Å². The van der Waals surface area contributed by atoms with Crippen LogP contribution in [0.25, 0.3) is 0 Å². The second-order valence-corrected chi connectivity index (χ2v) is 5.84. The summed E-state index contributed by atoms with van der Waals surface area (Å²) < 4.78 is 30.1. The van der Waals surface area contributed by atoms with Crippen molar-refractivity contribution < 1.29 is 17.9 Å². The Balaban J connectivity index is 2.51. The van der Waals surface area contributed by atoms with Crippen molar-refractivity contribution in [3.05, 3.63) is 24.3 Å². The molecule has 0 fully saturated rings. The summed E-state index contributed by atoms with van der Waals surface area (Å²) in [6, 6.07) is 5.94. The molecule has 0 aliphatic carbocycles. The molecule has 1 aromatic rings. The number of methoxy groups -OCH3 is 1. The maximum Gasteiger partial charge on any atom is 0.240 e. The van der Waals surface area contributed by atoms with E-state index >= 15 is 0 Å². The predicted octanol–water partition coefficient (Wildman–Crippen LogP) is -0.231. The normalized spacial score (nSPS) is 11.3. The maximum absolute atomic E-state index is 11.6. The number of rotatable bonds is 8. The number of anilines is 1. The van der Waals surface area contributed by atoms with Crippen LogP contribution in [-0.4, -0.2) is 48.2 Å². The first-order valence-corrected chi connectivity index (χ1v) is 7.51. The quantitative estimate of drug-likeness (QED) is 0.576. The van der Waals surface area contributed by atoms with Gasteiger partial charge in [-0.2, -0.15) is 0 Å². The van der Waals surface area contributed by atoms with Gasteiger partial charge in [-0.05, 0) is 31.3 Å². The van der Waals surface area contributed by atoms with Crippen LogP contribution in [0.2, 0.25) is 0 Å². The van der Waals surface area contributed by atoms with Crippen molar-refractivity contribution >= 4 is 21.6 Å². The van der Waals surface area contributed by atoms with Gasteiger partial charge in [-0.1, -0.05) is 0 Å². The van der Waals surface area contributed by atoms with Gasteiger partial charge in [-0.3, -0.25) is 4.79 Å².